The smallest absolute Gasteiger partial charge is 0.164 e. The van der Waals surface area contributed by atoms with Crippen molar-refractivity contribution in [2.75, 3.05) is 0 Å². The van der Waals surface area contributed by atoms with E-state index in [2.05, 4.69) is 140 Å². The average Bonchev–Trinajstić information content (AvgIpc) is 3.28. The Labute approximate surface area is 329 Å². The second kappa shape index (κ2) is 16.2. The van der Waals surface area contributed by atoms with Gasteiger partial charge in [-0.05, 0) is 81.3 Å². The van der Waals surface area contributed by atoms with Crippen LogP contribution in [0.2, 0.25) is 0 Å². The van der Waals surface area contributed by atoms with Crippen LogP contribution in [0.4, 0.5) is 0 Å². The number of hydrogen-bond donors (Lipinski definition) is 0. The second-order valence-electron chi connectivity index (χ2n) is 14.3. The molecule has 0 atom stereocenters. The van der Waals surface area contributed by atoms with Gasteiger partial charge in [-0.15, -0.1) is 0 Å². The van der Waals surface area contributed by atoms with Gasteiger partial charge in [-0.2, -0.15) is 0 Å². The van der Waals surface area contributed by atoms with Crippen LogP contribution in [0.5, 0.6) is 0 Å². The summed E-state index contributed by atoms with van der Waals surface area (Å²) >= 11 is 0. The molecule has 56 heavy (non-hydrogen) atoms. The van der Waals surface area contributed by atoms with Crippen LogP contribution in [0.25, 0.3) is 56.4 Å². The molecule has 268 valence electrons. The molecular weight excluding hydrogens is 679 g/mol. The van der Waals surface area contributed by atoms with Crippen molar-refractivity contribution in [1.82, 2.24) is 15.0 Å². The van der Waals surface area contributed by atoms with Gasteiger partial charge in [0, 0.05) is 16.7 Å². The number of aromatic nitrogens is 3. The summed E-state index contributed by atoms with van der Waals surface area (Å²) in [6, 6.07) is 68.5. The van der Waals surface area contributed by atoms with Gasteiger partial charge in [0.05, 0.1) is 0 Å². The third-order valence-electron chi connectivity index (χ3n) is 10.6. The lowest BCUT2D eigenvalue weighted by Gasteiger charge is -2.23. The summed E-state index contributed by atoms with van der Waals surface area (Å²) in [6.07, 6.45) is 6.32. The third kappa shape index (κ3) is 7.80. The quantitative estimate of drug-likeness (QED) is 0.141. The molecule has 0 radical (unpaired) electrons. The second-order valence-corrected chi connectivity index (χ2v) is 14.3. The van der Waals surface area contributed by atoms with Crippen molar-refractivity contribution in [3.8, 4) is 45.3 Å². The van der Waals surface area contributed by atoms with Crippen molar-refractivity contribution in [1.29, 1.82) is 0 Å². The first-order valence-corrected chi connectivity index (χ1v) is 19.4. The van der Waals surface area contributed by atoms with Gasteiger partial charge >= 0.3 is 0 Å². The Morgan fingerprint density at radius 2 is 0.750 bits per heavy atom. The molecule has 3 nitrogen and oxygen atoms in total. The molecule has 0 amide bonds. The highest BCUT2D eigenvalue weighted by molar-refractivity contribution is 5.83. The summed E-state index contributed by atoms with van der Waals surface area (Å²) in [5, 5.41) is 0. The fourth-order valence-corrected chi connectivity index (χ4v) is 7.71. The summed E-state index contributed by atoms with van der Waals surface area (Å²) in [7, 11) is 0. The first kappa shape index (κ1) is 34.8. The Balaban J connectivity index is 1.00. The van der Waals surface area contributed by atoms with Crippen LogP contribution in [-0.2, 0) is 12.8 Å². The molecule has 0 bridgehead atoms. The molecule has 9 rings (SSSR count). The van der Waals surface area contributed by atoms with E-state index >= 15 is 0 Å². The van der Waals surface area contributed by atoms with Gasteiger partial charge in [0.2, 0.25) is 0 Å². The number of hydrogen-bond acceptors (Lipinski definition) is 3. The molecule has 7 aromatic carbocycles. The highest BCUT2D eigenvalue weighted by Gasteiger charge is 2.19. The van der Waals surface area contributed by atoms with Crippen molar-refractivity contribution in [2.45, 2.75) is 25.7 Å². The molecule has 1 aliphatic rings. The first-order chi connectivity index (χ1) is 27.7. The van der Waals surface area contributed by atoms with E-state index < -0.39 is 0 Å². The van der Waals surface area contributed by atoms with Gasteiger partial charge in [0.15, 0.2) is 17.5 Å². The maximum atomic E-state index is 4.91. The van der Waals surface area contributed by atoms with Gasteiger partial charge < -0.3 is 0 Å². The molecule has 8 aromatic rings. The minimum Gasteiger partial charge on any atom is -0.208 e. The largest absolute Gasteiger partial charge is 0.208 e. The van der Waals surface area contributed by atoms with Crippen molar-refractivity contribution >= 4 is 11.1 Å². The Kier molecular flexibility index (Phi) is 10.0. The molecular formula is C53H41N3. The molecule has 0 N–H and O–H groups in total. The summed E-state index contributed by atoms with van der Waals surface area (Å²) < 4.78 is 0. The Morgan fingerprint density at radius 3 is 1.29 bits per heavy atom. The van der Waals surface area contributed by atoms with E-state index in [-0.39, 0.29) is 0 Å². The normalized spacial score (nSPS) is 12.7. The summed E-state index contributed by atoms with van der Waals surface area (Å²) in [5.41, 5.74) is 16.2. The maximum absolute atomic E-state index is 4.91. The molecule has 0 fully saturated rings. The predicted octanol–water partition coefficient (Wildman–Crippen LogP) is 13.0. The van der Waals surface area contributed by atoms with E-state index in [1.165, 1.54) is 50.1 Å². The Hall–Kier alpha value is -6.97. The van der Waals surface area contributed by atoms with Crippen LogP contribution in [0.15, 0.2) is 206 Å². The summed E-state index contributed by atoms with van der Waals surface area (Å²) in [5.74, 6) is 1.98. The maximum Gasteiger partial charge on any atom is 0.164 e. The molecule has 0 spiro atoms. The monoisotopic (exact) mass is 719 g/mol. The zero-order valence-electron chi connectivity index (χ0n) is 31.2. The Morgan fingerprint density at radius 1 is 0.339 bits per heavy atom. The minimum absolute atomic E-state index is 0.658. The van der Waals surface area contributed by atoms with E-state index in [1.807, 2.05) is 60.7 Å². The van der Waals surface area contributed by atoms with E-state index in [9.17, 15) is 0 Å². The average molecular weight is 720 g/mol. The molecule has 0 unspecified atom stereocenters. The number of nitrogens with zero attached hydrogens (tertiary/aromatic N) is 3. The fourth-order valence-electron chi connectivity index (χ4n) is 7.71. The number of allylic oxidation sites excluding steroid dienone is 4. The third-order valence-corrected chi connectivity index (χ3v) is 10.6. The molecule has 1 aromatic heterocycles. The van der Waals surface area contributed by atoms with Crippen LogP contribution in [0, 0.1) is 0 Å². The molecule has 3 heteroatoms. The van der Waals surface area contributed by atoms with E-state index in [1.54, 1.807) is 0 Å². The zero-order chi connectivity index (χ0) is 37.5. The van der Waals surface area contributed by atoms with Gasteiger partial charge in [0.25, 0.3) is 0 Å². The zero-order valence-corrected chi connectivity index (χ0v) is 31.2. The predicted molar refractivity (Wildman–Crippen MR) is 232 cm³/mol. The fraction of sp³-hybridized carbons (Fsp3) is 0.0755. The van der Waals surface area contributed by atoms with Crippen molar-refractivity contribution in [3.63, 3.8) is 0 Å². The van der Waals surface area contributed by atoms with Gasteiger partial charge in [-0.1, -0.05) is 200 Å². The van der Waals surface area contributed by atoms with Crippen LogP contribution in [0.3, 0.4) is 0 Å². The summed E-state index contributed by atoms with van der Waals surface area (Å²) in [6.45, 7) is 0. The standard InChI is InChI=1S/C53H41N3/c1-5-15-38(16-6-1)35-47-23-13-14-24-49(47)50-34-33-46(37-48(50)36-39-17-7-2-8-18-39)42-27-25-40(26-28-42)41-29-31-45(32-30-41)53-55-51(43-19-9-3-10-20-43)54-52(56-53)44-21-11-4-12-22-44/h1-32,37H,33-36H2. The highest BCUT2D eigenvalue weighted by atomic mass is 15.0. The minimum atomic E-state index is 0.658. The van der Waals surface area contributed by atoms with Crippen LogP contribution >= 0.6 is 0 Å². The molecule has 0 saturated heterocycles. The molecule has 1 aliphatic carbocycles. The molecule has 0 saturated carbocycles. The summed E-state index contributed by atoms with van der Waals surface area (Å²) in [4.78, 5) is 14.7. The topological polar surface area (TPSA) is 38.7 Å². The van der Waals surface area contributed by atoms with E-state index in [0.717, 1.165) is 47.9 Å². The number of rotatable bonds is 10. The van der Waals surface area contributed by atoms with Gasteiger partial charge in [-0.3, -0.25) is 0 Å². The molecule has 1 heterocycles. The van der Waals surface area contributed by atoms with E-state index in [4.69, 9.17) is 15.0 Å². The molecule has 0 aliphatic heterocycles. The lowest BCUT2D eigenvalue weighted by atomic mass is 9.81. The van der Waals surface area contributed by atoms with Gasteiger partial charge in [-0.25, -0.2) is 15.0 Å². The van der Waals surface area contributed by atoms with Crippen LogP contribution in [0.1, 0.15) is 40.7 Å². The SMILES string of the molecule is C1=C(c2ccc(-c3ccc(-c4nc(-c5ccccc5)nc(-c5ccccc5)n4)cc3)cc2)CCC(c2ccccc2Cc2ccccc2)=C1Cc1ccccc1. The van der Waals surface area contributed by atoms with Crippen molar-refractivity contribution < 1.29 is 0 Å². The lowest BCUT2D eigenvalue weighted by Crippen LogP contribution is -2.05. The van der Waals surface area contributed by atoms with Crippen molar-refractivity contribution in [3.05, 3.63) is 234 Å². The lowest BCUT2D eigenvalue weighted by molar-refractivity contribution is 1.02. The van der Waals surface area contributed by atoms with Crippen LogP contribution in [-0.4, -0.2) is 15.0 Å². The van der Waals surface area contributed by atoms with Gasteiger partial charge in [0.1, 0.15) is 0 Å². The Bertz CT molecular complexity index is 2570. The van der Waals surface area contributed by atoms with Crippen molar-refractivity contribution in [2.24, 2.45) is 0 Å². The highest BCUT2D eigenvalue weighted by Crippen LogP contribution is 2.39. The number of benzene rings is 7. The van der Waals surface area contributed by atoms with Crippen LogP contribution < -0.4 is 0 Å². The first-order valence-electron chi connectivity index (χ1n) is 19.4. The van der Waals surface area contributed by atoms with E-state index in [0.29, 0.717) is 17.5 Å².